The summed E-state index contributed by atoms with van der Waals surface area (Å²) in [5.41, 5.74) is -1.49. The van der Waals surface area contributed by atoms with Gasteiger partial charge in [0.1, 0.15) is 0 Å². The van der Waals surface area contributed by atoms with Crippen LogP contribution < -0.4 is 4.74 Å². The van der Waals surface area contributed by atoms with Gasteiger partial charge >= 0.3 is 5.97 Å². The van der Waals surface area contributed by atoms with Crippen molar-refractivity contribution in [3.05, 3.63) is 23.1 Å². The zero-order chi connectivity index (χ0) is 17.9. The molecule has 5 nitrogen and oxygen atoms in total. The van der Waals surface area contributed by atoms with Crippen molar-refractivity contribution in [3.63, 3.8) is 0 Å². The predicted octanol–water partition coefficient (Wildman–Crippen LogP) is 3.94. The lowest BCUT2D eigenvalue weighted by atomic mass is 9.75. The van der Waals surface area contributed by atoms with Gasteiger partial charge in [0.2, 0.25) is 0 Å². The van der Waals surface area contributed by atoms with Gasteiger partial charge in [-0.1, -0.05) is 20.8 Å². The van der Waals surface area contributed by atoms with Gasteiger partial charge in [0.25, 0.3) is 0 Å². The number of phenolic OH excluding ortho intramolecular Hbond substituents is 1. The summed E-state index contributed by atoms with van der Waals surface area (Å²) in [4.78, 5) is 25.1. The highest BCUT2D eigenvalue weighted by atomic mass is 32.1. The molecule has 3 rings (SSSR count). The van der Waals surface area contributed by atoms with Gasteiger partial charge in [-0.15, -0.1) is 11.3 Å². The van der Waals surface area contributed by atoms with Crippen molar-refractivity contribution in [2.24, 2.45) is 16.7 Å². The van der Waals surface area contributed by atoms with E-state index in [4.69, 9.17) is 4.74 Å². The van der Waals surface area contributed by atoms with E-state index in [0.717, 1.165) is 10.1 Å². The monoisotopic (exact) mass is 348 g/mol. The normalized spacial score (nSPS) is 23.2. The van der Waals surface area contributed by atoms with Gasteiger partial charge in [0, 0.05) is 16.7 Å². The molecule has 0 radical (unpaired) electrons. The van der Waals surface area contributed by atoms with Gasteiger partial charge < -0.3 is 14.9 Å². The van der Waals surface area contributed by atoms with Crippen LogP contribution >= 0.6 is 11.3 Å². The van der Waals surface area contributed by atoms with E-state index in [9.17, 15) is 19.8 Å². The lowest BCUT2D eigenvalue weighted by molar-refractivity contribution is -0.148. The summed E-state index contributed by atoms with van der Waals surface area (Å²) in [7, 11) is 1.47. The summed E-state index contributed by atoms with van der Waals surface area (Å²) in [5.74, 6) is -1.17. The summed E-state index contributed by atoms with van der Waals surface area (Å²) in [6.07, 6.45) is 0.369. The van der Waals surface area contributed by atoms with Crippen molar-refractivity contribution in [2.45, 2.75) is 27.2 Å². The first-order valence-corrected chi connectivity index (χ1v) is 8.51. The Morgan fingerprint density at radius 1 is 1.29 bits per heavy atom. The number of hydrogen-bond donors (Lipinski definition) is 2. The molecule has 2 aromatic rings. The van der Waals surface area contributed by atoms with E-state index in [1.807, 2.05) is 20.8 Å². The van der Waals surface area contributed by atoms with Crippen LogP contribution in [-0.4, -0.2) is 29.1 Å². The lowest BCUT2D eigenvalue weighted by Crippen LogP contribution is -2.34. The first kappa shape index (κ1) is 16.8. The average molecular weight is 348 g/mol. The zero-order valence-corrected chi connectivity index (χ0v) is 14.9. The number of aromatic hydroxyl groups is 1. The van der Waals surface area contributed by atoms with E-state index in [1.165, 1.54) is 18.4 Å². The molecule has 1 aliphatic carbocycles. The van der Waals surface area contributed by atoms with E-state index >= 15 is 0 Å². The molecular formula is C18H20O5S. The largest absolute Gasteiger partial charge is 0.504 e. The number of carboxylic acids is 1. The summed E-state index contributed by atoms with van der Waals surface area (Å²) < 4.78 is 5.91. The van der Waals surface area contributed by atoms with Crippen LogP contribution in [0.4, 0.5) is 0 Å². The van der Waals surface area contributed by atoms with Crippen LogP contribution in [0.5, 0.6) is 11.5 Å². The fourth-order valence-corrected chi connectivity index (χ4v) is 4.55. The summed E-state index contributed by atoms with van der Waals surface area (Å²) >= 11 is 1.30. The zero-order valence-electron chi connectivity index (χ0n) is 14.0. The van der Waals surface area contributed by atoms with Gasteiger partial charge in [-0.2, -0.15) is 0 Å². The molecule has 2 N–H and O–H groups in total. The minimum Gasteiger partial charge on any atom is -0.504 e. The number of carbonyl (C=O) groups is 2. The third kappa shape index (κ3) is 2.28. The van der Waals surface area contributed by atoms with Crippen LogP contribution in [0.3, 0.4) is 0 Å². The van der Waals surface area contributed by atoms with Crippen molar-refractivity contribution in [2.75, 3.05) is 7.11 Å². The Hall–Kier alpha value is -2.08. The van der Waals surface area contributed by atoms with Gasteiger partial charge in [-0.25, -0.2) is 0 Å². The number of fused-ring (bicyclic) bond motifs is 1. The van der Waals surface area contributed by atoms with E-state index in [1.54, 1.807) is 18.2 Å². The second kappa shape index (κ2) is 5.21. The quantitative estimate of drug-likeness (QED) is 0.818. The molecule has 0 unspecified atom stereocenters. The average Bonchev–Trinajstić information content (AvgIpc) is 3.14. The molecule has 1 aliphatic rings. The maximum absolute atomic E-state index is 12.8. The fraction of sp³-hybridized carbons (Fsp3) is 0.444. The highest BCUT2D eigenvalue weighted by Gasteiger charge is 2.69. The first-order chi connectivity index (χ1) is 11.1. The first-order valence-electron chi connectivity index (χ1n) is 7.70. The Labute approximate surface area is 143 Å². The van der Waals surface area contributed by atoms with Crippen molar-refractivity contribution in [3.8, 4) is 11.5 Å². The lowest BCUT2D eigenvalue weighted by Gasteiger charge is -2.28. The number of phenols is 1. The molecule has 2 atom stereocenters. The number of ketones is 1. The molecule has 24 heavy (non-hydrogen) atoms. The number of hydrogen-bond acceptors (Lipinski definition) is 5. The van der Waals surface area contributed by atoms with Crippen molar-refractivity contribution in [1.82, 2.24) is 0 Å². The maximum Gasteiger partial charge on any atom is 0.310 e. The highest BCUT2D eigenvalue weighted by molar-refractivity contribution is 7.20. The number of Topliss-reactive ketones (excluding diaryl/α,β-unsaturated/α-hetero) is 1. The number of carbonyl (C=O) groups excluding carboxylic acids is 1. The Bertz CT molecular complexity index is 845. The second-order valence-electron chi connectivity index (χ2n) is 7.32. The van der Waals surface area contributed by atoms with Gasteiger partial charge in [-0.3, -0.25) is 9.59 Å². The Morgan fingerprint density at radius 2 is 1.96 bits per heavy atom. The number of benzene rings is 1. The number of ether oxygens (including phenoxy) is 1. The molecule has 1 saturated carbocycles. The Balaban J connectivity index is 1.97. The third-order valence-electron chi connectivity index (χ3n) is 5.06. The predicted molar refractivity (Wildman–Crippen MR) is 92.0 cm³/mol. The van der Waals surface area contributed by atoms with E-state index in [2.05, 4.69) is 0 Å². The number of carboxylic acid groups (broad SMARTS) is 1. The molecule has 6 heteroatoms. The van der Waals surface area contributed by atoms with Crippen molar-refractivity contribution in [1.29, 1.82) is 0 Å². The summed E-state index contributed by atoms with van der Waals surface area (Å²) in [5, 5.41) is 20.3. The van der Waals surface area contributed by atoms with Crippen LogP contribution in [-0.2, 0) is 4.79 Å². The second-order valence-corrected chi connectivity index (χ2v) is 8.40. The smallest absolute Gasteiger partial charge is 0.310 e. The van der Waals surface area contributed by atoms with Crippen LogP contribution in [0.25, 0.3) is 10.1 Å². The number of thiophene rings is 1. The van der Waals surface area contributed by atoms with Crippen LogP contribution in [0.15, 0.2) is 18.2 Å². The standard InChI is InChI=1S/C18H20O5S/c1-17(2,3)18(16(21)22)8-10(18)15(20)14-6-9-5-11(19)12(23-4)7-13(9)24-14/h5-7,10,19H,8H2,1-4H3,(H,21,22)/t10-,18+/m1/s1. The topological polar surface area (TPSA) is 83.8 Å². The van der Waals surface area contributed by atoms with E-state index in [0.29, 0.717) is 17.0 Å². The molecule has 0 saturated heterocycles. The minimum absolute atomic E-state index is 0.0165. The maximum atomic E-state index is 12.8. The molecule has 1 aromatic carbocycles. The summed E-state index contributed by atoms with van der Waals surface area (Å²) in [6.45, 7) is 5.59. The van der Waals surface area contributed by atoms with Crippen LogP contribution in [0.2, 0.25) is 0 Å². The SMILES string of the molecule is COc1cc2sc(C(=O)[C@H]3C[C@]3(C(=O)O)C(C)(C)C)cc2cc1O. The minimum atomic E-state index is -1.000. The van der Waals surface area contributed by atoms with Crippen LogP contribution in [0.1, 0.15) is 36.9 Å². The van der Waals surface area contributed by atoms with Gasteiger partial charge in [-0.05, 0) is 29.4 Å². The van der Waals surface area contributed by atoms with Crippen LogP contribution in [0, 0.1) is 16.7 Å². The van der Waals surface area contributed by atoms with Gasteiger partial charge in [0.15, 0.2) is 17.3 Å². The number of rotatable bonds is 4. The number of aliphatic carboxylic acids is 1. The van der Waals surface area contributed by atoms with Crippen molar-refractivity contribution >= 4 is 33.2 Å². The third-order valence-corrected chi connectivity index (χ3v) is 6.17. The van der Waals surface area contributed by atoms with E-state index < -0.39 is 22.7 Å². The summed E-state index contributed by atoms with van der Waals surface area (Å²) in [6, 6.07) is 4.96. The molecular weight excluding hydrogens is 328 g/mol. The highest BCUT2D eigenvalue weighted by Crippen LogP contribution is 2.64. The van der Waals surface area contributed by atoms with Crippen molar-refractivity contribution < 1.29 is 24.5 Å². The molecule has 0 spiro atoms. The number of methoxy groups -OCH3 is 1. The fourth-order valence-electron chi connectivity index (χ4n) is 3.48. The van der Waals surface area contributed by atoms with Gasteiger partial charge in [0.05, 0.1) is 17.4 Å². The molecule has 0 amide bonds. The molecule has 1 aromatic heterocycles. The molecule has 1 fully saturated rings. The molecule has 0 aliphatic heterocycles. The molecule has 128 valence electrons. The van der Waals surface area contributed by atoms with E-state index in [-0.39, 0.29) is 11.5 Å². The Kier molecular flexibility index (Phi) is 3.64. The Morgan fingerprint density at radius 3 is 2.46 bits per heavy atom. The molecule has 0 bridgehead atoms. The molecule has 1 heterocycles.